The number of benzene rings is 1. The lowest BCUT2D eigenvalue weighted by atomic mass is 9.80. The summed E-state index contributed by atoms with van der Waals surface area (Å²) >= 11 is 0. The minimum atomic E-state index is -4.68. The van der Waals surface area contributed by atoms with E-state index in [1.165, 1.54) is 0 Å². The third kappa shape index (κ3) is 7.42. The van der Waals surface area contributed by atoms with Crippen molar-refractivity contribution in [3.05, 3.63) is 29.3 Å². The smallest absolute Gasteiger partial charge is 0.384 e. The van der Waals surface area contributed by atoms with E-state index in [-0.39, 0.29) is 29.1 Å². The average Bonchev–Trinajstić information content (AvgIpc) is 3.22. The highest BCUT2D eigenvalue weighted by atomic mass is 19.4. The van der Waals surface area contributed by atoms with Crippen molar-refractivity contribution in [3.63, 3.8) is 0 Å². The number of carbonyl (C=O) groups excluding carboxylic acids is 3. The van der Waals surface area contributed by atoms with Crippen LogP contribution in [0.25, 0.3) is 0 Å². The van der Waals surface area contributed by atoms with E-state index in [2.05, 4.69) is 41.7 Å². The van der Waals surface area contributed by atoms with Crippen molar-refractivity contribution in [1.82, 2.24) is 20.4 Å². The first-order valence-corrected chi connectivity index (χ1v) is 13.5. The molecule has 2 aliphatic rings. The summed E-state index contributed by atoms with van der Waals surface area (Å²) < 4.78 is 45.6. The first kappa shape index (κ1) is 30.7. The van der Waals surface area contributed by atoms with Crippen molar-refractivity contribution in [1.29, 1.82) is 0 Å². The maximum Gasteiger partial charge on any atom is 0.416 e. The van der Waals surface area contributed by atoms with E-state index in [1.54, 1.807) is 18.9 Å². The molecule has 0 aromatic heterocycles. The number of likely N-dealkylation sites (tertiary alicyclic amines) is 1. The largest absolute Gasteiger partial charge is 0.416 e. The van der Waals surface area contributed by atoms with Crippen LogP contribution >= 0.6 is 0 Å². The van der Waals surface area contributed by atoms with Gasteiger partial charge in [0.05, 0.1) is 23.4 Å². The van der Waals surface area contributed by atoms with Crippen LogP contribution in [0.2, 0.25) is 0 Å². The number of nitrogens with one attached hydrogen (secondary N) is 3. The fourth-order valence-electron chi connectivity index (χ4n) is 5.56. The van der Waals surface area contributed by atoms with E-state index in [0.29, 0.717) is 44.3 Å². The van der Waals surface area contributed by atoms with Crippen molar-refractivity contribution < 1.29 is 32.3 Å². The highest BCUT2D eigenvalue weighted by Gasteiger charge is 2.43. The van der Waals surface area contributed by atoms with Crippen LogP contribution in [-0.2, 0) is 15.7 Å². The summed E-state index contributed by atoms with van der Waals surface area (Å²) in [5, 5.41) is 7.52. The molecule has 218 valence electrons. The Morgan fingerprint density at radius 3 is 2.54 bits per heavy atom. The molecule has 1 aromatic rings. The van der Waals surface area contributed by atoms with Gasteiger partial charge < -0.3 is 30.5 Å². The number of urea groups is 1. The van der Waals surface area contributed by atoms with Crippen molar-refractivity contribution in [2.24, 2.45) is 5.92 Å². The Balaban J connectivity index is 1.75. The van der Waals surface area contributed by atoms with Crippen LogP contribution in [0.4, 0.5) is 23.7 Å². The second-order valence-corrected chi connectivity index (χ2v) is 10.6. The highest BCUT2D eigenvalue weighted by Crippen LogP contribution is 2.35. The number of nitrogens with zero attached hydrogens (tertiary/aromatic N) is 2. The first-order chi connectivity index (χ1) is 18.4. The predicted molar refractivity (Wildman–Crippen MR) is 141 cm³/mol. The van der Waals surface area contributed by atoms with Gasteiger partial charge in [0, 0.05) is 44.2 Å². The third-order valence-corrected chi connectivity index (χ3v) is 7.81. The van der Waals surface area contributed by atoms with Gasteiger partial charge in [-0.1, -0.05) is 0 Å². The number of halogens is 3. The van der Waals surface area contributed by atoms with Gasteiger partial charge in [0.1, 0.15) is 6.04 Å². The number of amides is 4. The molecule has 1 heterocycles. The van der Waals surface area contributed by atoms with Crippen LogP contribution < -0.4 is 16.0 Å². The zero-order valence-electron chi connectivity index (χ0n) is 23.2. The molecule has 3 rings (SSSR count). The Morgan fingerprint density at radius 2 is 1.92 bits per heavy atom. The monoisotopic (exact) mass is 555 g/mol. The zero-order chi connectivity index (χ0) is 28.9. The van der Waals surface area contributed by atoms with Crippen molar-refractivity contribution >= 4 is 23.5 Å². The molecule has 1 unspecified atom stereocenters. The molecule has 4 amide bonds. The SMILES string of the molecule is CCNC(=O)Nc1ccc(C(F)(F)F)cc1C(=O)NC1CCN([C@H]2CC[C@@H](N(C)C(C)C)C[C@H]2COC)C1=O. The van der Waals surface area contributed by atoms with E-state index in [1.807, 2.05) is 0 Å². The number of alkyl halides is 3. The molecular formula is C27H40F3N5O4. The van der Waals surface area contributed by atoms with Gasteiger partial charge in [0.15, 0.2) is 0 Å². The zero-order valence-corrected chi connectivity index (χ0v) is 23.2. The Bertz CT molecular complexity index is 1040. The second kappa shape index (κ2) is 13.0. The molecule has 0 radical (unpaired) electrons. The van der Waals surface area contributed by atoms with Crippen LogP contribution in [0.3, 0.4) is 0 Å². The topological polar surface area (TPSA) is 103 Å². The molecule has 1 saturated carbocycles. The van der Waals surface area contributed by atoms with E-state index in [9.17, 15) is 27.6 Å². The van der Waals surface area contributed by atoms with Crippen LogP contribution in [0.5, 0.6) is 0 Å². The average molecular weight is 556 g/mol. The van der Waals surface area contributed by atoms with Crippen molar-refractivity contribution in [2.75, 3.05) is 39.2 Å². The second-order valence-electron chi connectivity index (χ2n) is 10.6. The lowest BCUT2D eigenvalue weighted by Crippen LogP contribution is -2.52. The lowest BCUT2D eigenvalue weighted by molar-refractivity contribution is -0.137. The van der Waals surface area contributed by atoms with Gasteiger partial charge in [-0.3, -0.25) is 9.59 Å². The summed E-state index contributed by atoms with van der Waals surface area (Å²) in [5.74, 6) is -0.983. The molecule has 12 heteroatoms. The number of methoxy groups -OCH3 is 1. The fourth-order valence-corrected chi connectivity index (χ4v) is 5.56. The molecule has 9 nitrogen and oxygen atoms in total. The van der Waals surface area contributed by atoms with Gasteiger partial charge in [-0.05, 0) is 71.7 Å². The summed E-state index contributed by atoms with van der Waals surface area (Å²) in [6.45, 7) is 7.22. The number of ether oxygens (including phenoxy) is 1. The summed E-state index contributed by atoms with van der Waals surface area (Å²) in [6.07, 6.45) is -1.73. The minimum Gasteiger partial charge on any atom is -0.384 e. The number of rotatable bonds is 9. The van der Waals surface area contributed by atoms with Crippen molar-refractivity contribution in [2.45, 2.75) is 76.8 Å². The normalized spacial score (nSPS) is 23.8. The summed E-state index contributed by atoms with van der Waals surface area (Å²) in [7, 11) is 3.75. The number of anilines is 1. The highest BCUT2D eigenvalue weighted by molar-refractivity contribution is 6.05. The molecule has 2 fully saturated rings. The molecule has 3 N–H and O–H groups in total. The molecule has 1 saturated heterocycles. The van der Waals surface area contributed by atoms with Crippen molar-refractivity contribution in [3.8, 4) is 0 Å². The van der Waals surface area contributed by atoms with Gasteiger partial charge in [0.25, 0.3) is 5.91 Å². The Kier molecular flexibility index (Phi) is 10.2. The van der Waals surface area contributed by atoms with Gasteiger partial charge in [-0.15, -0.1) is 0 Å². The van der Waals surface area contributed by atoms with Gasteiger partial charge in [0.2, 0.25) is 5.91 Å². The van der Waals surface area contributed by atoms with E-state index in [4.69, 9.17) is 4.74 Å². The first-order valence-electron chi connectivity index (χ1n) is 13.5. The standard InChI is InChI=1S/C27H40F3N5O4/c1-6-31-26(38)33-21-9-7-18(27(28,29)30)14-20(21)24(36)32-22-11-12-35(25(22)37)23-10-8-19(34(4)16(2)3)13-17(23)15-39-5/h7,9,14,16-17,19,22-23H,6,8,10-13,15H2,1-5H3,(H,32,36)(H2,31,33,38)/t17-,19+,22?,23-/m0/s1. The summed E-state index contributed by atoms with van der Waals surface area (Å²) in [6, 6.07) is 1.73. The Morgan fingerprint density at radius 1 is 1.21 bits per heavy atom. The minimum absolute atomic E-state index is 0.0420. The Hall–Kier alpha value is -2.86. The van der Waals surface area contributed by atoms with Gasteiger partial charge in [-0.25, -0.2) is 4.79 Å². The molecular weight excluding hydrogens is 515 g/mol. The van der Waals surface area contributed by atoms with E-state index in [0.717, 1.165) is 31.4 Å². The molecule has 0 spiro atoms. The molecule has 1 aromatic carbocycles. The number of carbonyl (C=O) groups is 3. The maximum absolute atomic E-state index is 13.4. The quantitative estimate of drug-likeness (QED) is 0.431. The van der Waals surface area contributed by atoms with E-state index < -0.39 is 29.7 Å². The van der Waals surface area contributed by atoms with Crippen LogP contribution in [0, 0.1) is 5.92 Å². The molecule has 1 aliphatic heterocycles. The molecule has 4 atom stereocenters. The summed E-state index contributed by atoms with van der Waals surface area (Å²) in [5.41, 5.74) is -1.47. The van der Waals surface area contributed by atoms with Gasteiger partial charge >= 0.3 is 12.2 Å². The van der Waals surface area contributed by atoms with E-state index >= 15 is 0 Å². The fraction of sp³-hybridized carbons (Fsp3) is 0.667. The Labute approximate surface area is 227 Å². The van der Waals surface area contributed by atoms with Crippen LogP contribution in [0.1, 0.15) is 62.4 Å². The molecule has 1 aliphatic carbocycles. The van der Waals surface area contributed by atoms with Gasteiger partial charge in [-0.2, -0.15) is 13.2 Å². The molecule has 0 bridgehead atoms. The maximum atomic E-state index is 13.4. The third-order valence-electron chi connectivity index (χ3n) is 7.81. The predicted octanol–water partition coefficient (Wildman–Crippen LogP) is 3.70. The molecule has 39 heavy (non-hydrogen) atoms. The number of hydrogen-bond acceptors (Lipinski definition) is 5. The van der Waals surface area contributed by atoms with Crippen LogP contribution in [0.15, 0.2) is 18.2 Å². The van der Waals surface area contributed by atoms with Crippen LogP contribution in [-0.4, -0.2) is 85.7 Å². The lowest BCUT2D eigenvalue weighted by Gasteiger charge is -2.44. The number of hydrogen-bond donors (Lipinski definition) is 3. The summed E-state index contributed by atoms with van der Waals surface area (Å²) in [4.78, 5) is 42.7.